The van der Waals surface area contributed by atoms with E-state index in [9.17, 15) is 0 Å². The Morgan fingerprint density at radius 1 is 1.47 bits per heavy atom. The van der Waals surface area contributed by atoms with Crippen molar-refractivity contribution in [1.29, 1.82) is 0 Å². The average Bonchev–Trinajstić information content (AvgIpc) is 3.00. The summed E-state index contributed by atoms with van der Waals surface area (Å²) in [6.45, 7) is 2.02. The van der Waals surface area contributed by atoms with Crippen molar-refractivity contribution in [3.05, 3.63) is 38.8 Å². The zero-order valence-corrected chi connectivity index (χ0v) is 12.3. The van der Waals surface area contributed by atoms with E-state index in [0.717, 1.165) is 12.1 Å². The van der Waals surface area contributed by atoms with Gasteiger partial charge in [-0.25, -0.2) is 0 Å². The van der Waals surface area contributed by atoms with Crippen LogP contribution in [0.25, 0.3) is 0 Å². The van der Waals surface area contributed by atoms with Gasteiger partial charge in [0, 0.05) is 28.9 Å². The summed E-state index contributed by atoms with van der Waals surface area (Å²) in [5, 5.41) is 4.39. The van der Waals surface area contributed by atoms with Crippen molar-refractivity contribution in [1.82, 2.24) is 15.2 Å². The Morgan fingerprint density at radius 2 is 2.32 bits per heavy atom. The third kappa shape index (κ3) is 2.45. The van der Waals surface area contributed by atoms with E-state index in [-0.39, 0.29) is 6.04 Å². The zero-order valence-electron chi connectivity index (χ0n) is 11.4. The lowest BCUT2D eigenvalue weighted by atomic mass is 10.1. The van der Waals surface area contributed by atoms with Gasteiger partial charge >= 0.3 is 0 Å². The molecule has 1 aliphatic carbocycles. The quantitative estimate of drug-likeness (QED) is 0.663. The van der Waals surface area contributed by atoms with E-state index in [1.165, 1.54) is 35.4 Å². The van der Waals surface area contributed by atoms with Gasteiger partial charge in [-0.3, -0.25) is 16.0 Å². The minimum Gasteiger partial charge on any atom is -0.272 e. The Hall–Kier alpha value is -1.17. The molecular formula is C14H20N4S. The number of hydrogen-bond donors (Lipinski definition) is 2. The van der Waals surface area contributed by atoms with Gasteiger partial charge in [0.25, 0.3) is 0 Å². The molecular weight excluding hydrogens is 256 g/mol. The third-order valence-electron chi connectivity index (χ3n) is 3.82. The molecule has 4 nitrogen and oxygen atoms in total. The fourth-order valence-corrected chi connectivity index (χ4v) is 4.15. The monoisotopic (exact) mass is 276 g/mol. The van der Waals surface area contributed by atoms with Gasteiger partial charge in [-0.05, 0) is 43.9 Å². The van der Waals surface area contributed by atoms with Gasteiger partial charge < -0.3 is 0 Å². The van der Waals surface area contributed by atoms with Gasteiger partial charge in [-0.15, -0.1) is 11.3 Å². The number of hydrazine groups is 1. The largest absolute Gasteiger partial charge is 0.272 e. The van der Waals surface area contributed by atoms with Gasteiger partial charge in [0.2, 0.25) is 0 Å². The Bertz CT molecular complexity index is 563. The lowest BCUT2D eigenvalue weighted by Crippen LogP contribution is -2.29. The number of hydrogen-bond acceptors (Lipinski definition) is 4. The minimum atomic E-state index is 0.186. The van der Waals surface area contributed by atoms with Crippen LogP contribution in [-0.4, -0.2) is 9.78 Å². The number of aromatic nitrogens is 2. The molecule has 1 aliphatic rings. The molecule has 0 aliphatic heterocycles. The number of nitrogens with two attached hydrogens (primary N) is 1. The average molecular weight is 276 g/mol. The summed E-state index contributed by atoms with van der Waals surface area (Å²) in [6, 6.07) is 4.65. The number of nitrogens with zero attached hydrogens (tertiary/aromatic N) is 2. The van der Waals surface area contributed by atoms with E-state index in [0.29, 0.717) is 0 Å². The zero-order chi connectivity index (χ0) is 13.4. The second-order valence-corrected chi connectivity index (χ2v) is 6.44. The Labute approximate surface area is 117 Å². The summed E-state index contributed by atoms with van der Waals surface area (Å²) in [5.74, 6) is 5.76. The maximum atomic E-state index is 5.76. The predicted octanol–water partition coefficient (Wildman–Crippen LogP) is 2.03. The summed E-state index contributed by atoms with van der Waals surface area (Å²) in [6.07, 6.45) is 4.66. The van der Waals surface area contributed by atoms with Crippen LogP contribution in [0.4, 0.5) is 0 Å². The summed E-state index contributed by atoms with van der Waals surface area (Å²) < 4.78 is 1.95. The molecule has 0 amide bonds. The van der Waals surface area contributed by atoms with E-state index in [1.807, 2.05) is 30.0 Å². The van der Waals surface area contributed by atoms with Crippen LogP contribution >= 0.6 is 11.3 Å². The second-order valence-electron chi connectivity index (χ2n) is 5.27. The fourth-order valence-electron chi connectivity index (χ4n) is 2.83. The predicted molar refractivity (Wildman–Crippen MR) is 78.1 cm³/mol. The summed E-state index contributed by atoms with van der Waals surface area (Å²) in [5.41, 5.74) is 6.76. The van der Waals surface area contributed by atoms with Crippen LogP contribution in [-0.2, 0) is 26.3 Å². The highest BCUT2D eigenvalue weighted by Crippen LogP contribution is 2.34. The topological polar surface area (TPSA) is 55.9 Å². The number of nitrogens with one attached hydrogen (secondary N) is 1. The lowest BCUT2D eigenvalue weighted by Gasteiger charge is -2.14. The highest BCUT2D eigenvalue weighted by molar-refractivity contribution is 7.12. The van der Waals surface area contributed by atoms with Crippen molar-refractivity contribution in [3.8, 4) is 0 Å². The third-order valence-corrected chi connectivity index (χ3v) is 5.17. The second kappa shape index (κ2) is 5.07. The van der Waals surface area contributed by atoms with Crippen LogP contribution < -0.4 is 11.3 Å². The van der Waals surface area contributed by atoms with E-state index in [4.69, 9.17) is 5.84 Å². The van der Waals surface area contributed by atoms with E-state index in [2.05, 4.69) is 22.7 Å². The van der Waals surface area contributed by atoms with Crippen molar-refractivity contribution < 1.29 is 0 Å². The van der Waals surface area contributed by atoms with Gasteiger partial charge in [0.05, 0.1) is 11.7 Å². The molecule has 1 unspecified atom stereocenters. The molecule has 2 heterocycles. The summed E-state index contributed by atoms with van der Waals surface area (Å²) in [4.78, 5) is 2.91. The minimum absolute atomic E-state index is 0.186. The standard InChI is InChI=1S/C14H20N4S/c1-9-6-11(18(2)17-9)8-12(16-15)14-7-10-4-3-5-13(10)19-14/h6-7,12,16H,3-5,8,15H2,1-2H3. The van der Waals surface area contributed by atoms with Crippen LogP contribution in [0, 0.1) is 6.92 Å². The van der Waals surface area contributed by atoms with Gasteiger partial charge in [0.15, 0.2) is 0 Å². The van der Waals surface area contributed by atoms with Crippen molar-refractivity contribution in [2.24, 2.45) is 12.9 Å². The smallest absolute Gasteiger partial charge is 0.0608 e. The Balaban J connectivity index is 1.82. The maximum absolute atomic E-state index is 5.76. The molecule has 0 fully saturated rings. The maximum Gasteiger partial charge on any atom is 0.0608 e. The molecule has 0 bridgehead atoms. The molecule has 0 radical (unpaired) electrons. The van der Waals surface area contributed by atoms with Gasteiger partial charge in [-0.1, -0.05) is 0 Å². The Kier molecular flexibility index (Phi) is 3.43. The Morgan fingerprint density at radius 3 is 2.95 bits per heavy atom. The molecule has 5 heteroatoms. The van der Waals surface area contributed by atoms with Crippen LogP contribution in [0.5, 0.6) is 0 Å². The first-order valence-corrected chi connectivity index (χ1v) is 7.56. The normalized spacial score (nSPS) is 15.7. The molecule has 2 aromatic rings. The van der Waals surface area contributed by atoms with Crippen molar-refractivity contribution >= 4 is 11.3 Å². The van der Waals surface area contributed by atoms with Crippen LogP contribution in [0.1, 0.15) is 39.2 Å². The molecule has 1 atom stereocenters. The van der Waals surface area contributed by atoms with Crippen molar-refractivity contribution in [2.45, 2.75) is 38.6 Å². The highest BCUT2D eigenvalue weighted by atomic mass is 32.1. The number of thiophene rings is 1. The van der Waals surface area contributed by atoms with Crippen molar-refractivity contribution in [2.75, 3.05) is 0 Å². The summed E-state index contributed by atoms with van der Waals surface area (Å²) >= 11 is 1.91. The van der Waals surface area contributed by atoms with E-state index in [1.54, 1.807) is 4.88 Å². The van der Waals surface area contributed by atoms with Gasteiger partial charge in [-0.2, -0.15) is 5.10 Å². The highest BCUT2D eigenvalue weighted by Gasteiger charge is 2.20. The SMILES string of the molecule is Cc1cc(CC(NN)c2cc3c(s2)CCC3)n(C)n1. The first-order chi connectivity index (χ1) is 9.17. The molecule has 3 rings (SSSR count). The van der Waals surface area contributed by atoms with Crippen LogP contribution in [0.15, 0.2) is 12.1 Å². The van der Waals surface area contributed by atoms with Crippen LogP contribution in [0.3, 0.4) is 0 Å². The first-order valence-electron chi connectivity index (χ1n) is 6.74. The first kappa shape index (κ1) is 12.8. The van der Waals surface area contributed by atoms with E-state index < -0.39 is 0 Å². The van der Waals surface area contributed by atoms with Gasteiger partial charge in [0.1, 0.15) is 0 Å². The molecule has 0 aromatic carbocycles. The molecule has 0 saturated carbocycles. The van der Waals surface area contributed by atoms with Crippen molar-refractivity contribution in [3.63, 3.8) is 0 Å². The number of rotatable bonds is 4. The lowest BCUT2D eigenvalue weighted by molar-refractivity contribution is 0.537. The van der Waals surface area contributed by atoms with Crippen LogP contribution in [0.2, 0.25) is 0 Å². The number of fused-ring (bicyclic) bond motifs is 1. The fraction of sp³-hybridized carbons (Fsp3) is 0.500. The molecule has 3 N–H and O–H groups in total. The van der Waals surface area contributed by atoms with E-state index >= 15 is 0 Å². The number of aryl methyl sites for hydroxylation is 4. The molecule has 2 aromatic heterocycles. The summed E-state index contributed by atoms with van der Waals surface area (Å²) in [7, 11) is 1.99. The molecule has 0 spiro atoms. The molecule has 102 valence electrons. The molecule has 19 heavy (non-hydrogen) atoms. The molecule has 0 saturated heterocycles.